The van der Waals surface area contributed by atoms with Gasteiger partial charge in [-0.15, -0.1) is 0 Å². The quantitative estimate of drug-likeness (QED) is 0.732. The predicted octanol–water partition coefficient (Wildman–Crippen LogP) is 2.67. The van der Waals surface area contributed by atoms with Crippen LogP contribution < -0.4 is 5.32 Å². The maximum absolute atomic E-state index is 11.7. The van der Waals surface area contributed by atoms with E-state index in [2.05, 4.69) is 10.5 Å². The lowest BCUT2D eigenvalue weighted by molar-refractivity contribution is 0.0996. The van der Waals surface area contributed by atoms with Crippen molar-refractivity contribution in [1.29, 1.82) is 0 Å². The number of anilines is 1. The second kappa shape index (κ2) is 3.79. The van der Waals surface area contributed by atoms with Crippen molar-refractivity contribution in [2.45, 2.75) is 0 Å². The van der Waals surface area contributed by atoms with E-state index in [1.165, 1.54) is 6.26 Å². The number of nitrogens with zero attached hydrogens (tertiary/aromatic N) is 1. The molecule has 0 bridgehead atoms. The number of benzene rings is 1. The zero-order valence-electron chi connectivity index (χ0n) is 8.71. The van der Waals surface area contributed by atoms with Crippen molar-refractivity contribution >= 4 is 22.7 Å². The molecule has 0 spiro atoms. The Hall–Kier alpha value is -2.56. The van der Waals surface area contributed by atoms with E-state index in [9.17, 15) is 4.79 Å². The number of para-hydroxylation sites is 1. The number of fused-ring (bicyclic) bond motifs is 1. The van der Waals surface area contributed by atoms with Gasteiger partial charge in [0.05, 0.1) is 11.6 Å². The summed E-state index contributed by atoms with van der Waals surface area (Å²) in [6.45, 7) is 0. The number of rotatable bonds is 2. The van der Waals surface area contributed by atoms with Crippen molar-refractivity contribution in [3.63, 3.8) is 0 Å². The zero-order valence-corrected chi connectivity index (χ0v) is 8.71. The van der Waals surface area contributed by atoms with Gasteiger partial charge >= 0.3 is 0 Å². The van der Waals surface area contributed by atoms with Crippen LogP contribution in [0, 0.1) is 0 Å². The van der Waals surface area contributed by atoms with Gasteiger partial charge in [-0.1, -0.05) is 17.3 Å². The Labute approximate surface area is 96.0 Å². The fraction of sp³-hybridized carbons (Fsp3) is 0. The summed E-state index contributed by atoms with van der Waals surface area (Å²) in [6.07, 6.45) is 1.44. The molecule has 1 aromatic carbocycles. The molecule has 5 heteroatoms. The minimum atomic E-state index is -0.353. The first kappa shape index (κ1) is 9.65. The molecule has 5 nitrogen and oxygen atoms in total. The van der Waals surface area contributed by atoms with E-state index < -0.39 is 0 Å². The van der Waals surface area contributed by atoms with Crippen molar-refractivity contribution in [3.05, 3.63) is 48.4 Å². The number of carbonyl (C=O) groups is 1. The second-order valence-corrected chi connectivity index (χ2v) is 3.46. The third-order valence-electron chi connectivity index (χ3n) is 2.35. The molecular formula is C12H8N2O3. The molecular weight excluding hydrogens is 220 g/mol. The Morgan fingerprint density at radius 2 is 2.06 bits per heavy atom. The summed E-state index contributed by atoms with van der Waals surface area (Å²) >= 11 is 0. The maximum atomic E-state index is 11.7. The minimum absolute atomic E-state index is 0.233. The summed E-state index contributed by atoms with van der Waals surface area (Å²) in [5.41, 5.74) is 0.627. The lowest BCUT2D eigenvalue weighted by atomic mass is 10.2. The Morgan fingerprint density at radius 1 is 1.18 bits per heavy atom. The van der Waals surface area contributed by atoms with Crippen molar-refractivity contribution in [2.75, 3.05) is 5.32 Å². The van der Waals surface area contributed by atoms with Crippen LogP contribution in [0.1, 0.15) is 10.6 Å². The van der Waals surface area contributed by atoms with Gasteiger partial charge in [-0.25, -0.2) is 0 Å². The van der Waals surface area contributed by atoms with Crippen LogP contribution in [0.4, 0.5) is 5.82 Å². The Morgan fingerprint density at radius 3 is 2.88 bits per heavy atom. The van der Waals surface area contributed by atoms with Crippen molar-refractivity contribution in [2.24, 2.45) is 0 Å². The maximum Gasteiger partial charge on any atom is 0.292 e. The highest BCUT2D eigenvalue weighted by atomic mass is 16.5. The van der Waals surface area contributed by atoms with Crippen LogP contribution in [0.2, 0.25) is 0 Å². The van der Waals surface area contributed by atoms with Crippen LogP contribution in [0.3, 0.4) is 0 Å². The first-order chi connectivity index (χ1) is 8.34. The average molecular weight is 228 g/mol. The standard InChI is InChI=1S/C12H8N2O3/c15-12(10-6-3-7-16-10)13-11-8-4-1-2-5-9(8)17-14-11/h1-7H,(H,13,14,15). The van der Waals surface area contributed by atoms with E-state index in [-0.39, 0.29) is 11.7 Å². The van der Waals surface area contributed by atoms with Gasteiger partial charge in [0.25, 0.3) is 5.91 Å². The van der Waals surface area contributed by atoms with Gasteiger partial charge in [0.15, 0.2) is 17.2 Å². The molecule has 0 aliphatic carbocycles. The third kappa shape index (κ3) is 1.67. The Bertz CT molecular complexity index is 655. The molecule has 0 atom stereocenters. The predicted molar refractivity (Wildman–Crippen MR) is 60.7 cm³/mol. The van der Waals surface area contributed by atoms with Gasteiger partial charge in [0.2, 0.25) is 0 Å². The largest absolute Gasteiger partial charge is 0.459 e. The lowest BCUT2D eigenvalue weighted by Gasteiger charge is -1.97. The minimum Gasteiger partial charge on any atom is -0.459 e. The highest BCUT2D eigenvalue weighted by Crippen LogP contribution is 2.22. The normalized spacial score (nSPS) is 10.6. The van der Waals surface area contributed by atoms with Crippen molar-refractivity contribution < 1.29 is 13.7 Å². The van der Waals surface area contributed by atoms with Crippen LogP contribution in [0.5, 0.6) is 0 Å². The number of furan rings is 1. The molecule has 0 saturated heterocycles. The number of carbonyl (C=O) groups excluding carboxylic acids is 1. The van der Waals surface area contributed by atoms with Crippen LogP contribution in [-0.4, -0.2) is 11.1 Å². The molecule has 3 aromatic rings. The molecule has 0 radical (unpaired) electrons. The van der Waals surface area contributed by atoms with E-state index in [1.807, 2.05) is 18.2 Å². The fourth-order valence-electron chi connectivity index (χ4n) is 1.55. The van der Waals surface area contributed by atoms with Gasteiger partial charge < -0.3 is 14.3 Å². The van der Waals surface area contributed by atoms with Gasteiger partial charge in [-0.05, 0) is 24.3 Å². The molecule has 2 heterocycles. The SMILES string of the molecule is O=C(Nc1noc2ccccc12)c1ccco1. The molecule has 0 saturated carbocycles. The first-order valence-electron chi connectivity index (χ1n) is 5.04. The molecule has 0 fully saturated rings. The van der Waals surface area contributed by atoms with Crippen LogP contribution in [0.25, 0.3) is 11.0 Å². The molecule has 1 N–H and O–H groups in total. The second-order valence-electron chi connectivity index (χ2n) is 3.46. The van der Waals surface area contributed by atoms with Crippen LogP contribution in [0.15, 0.2) is 51.6 Å². The molecule has 0 aliphatic rings. The van der Waals surface area contributed by atoms with E-state index in [4.69, 9.17) is 8.94 Å². The number of aromatic nitrogens is 1. The fourth-order valence-corrected chi connectivity index (χ4v) is 1.55. The van der Waals surface area contributed by atoms with Gasteiger partial charge in [0, 0.05) is 0 Å². The monoisotopic (exact) mass is 228 g/mol. The zero-order chi connectivity index (χ0) is 11.7. The van der Waals surface area contributed by atoms with Gasteiger partial charge in [-0.2, -0.15) is 0 Å². The molecule has 0 unspecified atom stereocenters. The van der Waals surface area contributed by atoms with E-state index in [1.54, 1.807) is 18.2 Å². The average Bonchev–Trinajstić information content (AvgIpc) is 2.98. The van der Waals surface area contributed by atoms with Gasteiger partial charge in [0.1, 0.15) is 0 Å². The number of hydrogen-bond donors (Lipinski definition) is 1. The number of nitrogens with one attached hydrogen (secondary N) is 1. The summed E-state index contributed by atoms with van der Waals surface area (Å²) < 4.78 is 10.1. The Balaban J connectivity index is 1.93. The summed E-state index contributed by atoms with van der Waals surface area (Å²) in [5, 5.41) is 7.18. The molecule has 84 valence electrons. The smallest absolute Gasteiger partial charge is 0.292 e. The molecule has 3 rings (SSSR count). The molecule has 17 heavy (non-hydrogen) atoms. The van der Waals surface area contributed by atoms with Crippen molar-refractivity contribution in [1.82, 2.24) is 5.16 Å². The molecule has 0 aliphatic heterocycles. The number of amides is 1. The highest BCUT2D eigenvalue weighted by molar-refractivity contribution is 6.05. The molecule has 1 amide bonds. The highest BCUT2D eigenvalue weighted by Gasteiger charge is 2.13. The van der Waals surface area contributed by atoms with E-state index >= 15 is 0 Å². The van der Waals surface area contributed by atoms with Crippen LogP contribution in [-0.2, 0) is 0 Å². The Kier molecular flexibility index (Phi) is 2.15. The summed E-state index contributed by atoms with van der Waals surface area (Å²) in [5.74, 6) is 0.271. The summed E-state index contributed by atoms with van der Waals surface area (Å²) in [4.78, 5) is 11.7. The number of hydrogen-bond acceptors (Lipinski definition) is 4. The lowest BCUT2D eigenvalue weighted by Crippen LogP contribution is -2.11. The van der Waals surface area contributed by atoms with E-state index in [0.717, 1.165) is 5.39 Å². The van der Waals surface area contributed by atoms with Crippen LogP contribution >= 0.6 is 0 Å². The summed E-state index contributed by atoms with van der Waals surface area (Å²) in [7, 11) is 0. The molecule has 2 aromatic heterocycles. The van der Waals surface area contributed by atoms with Crippen molar-refractivity contribution in [3.8, 4) is 0 Å². The van der Waals surface area contributed by atoms with E-state index in [0.29, 0.717) is 11.4 Å². The van der Waals surface area contributed by atoms with Gasteiger partial charge in [-0.3, -0.25) is 4.79 Å². The summed E-state index contributed by atoms with van der Waals surface area (Å²) in [6, 6.07) is 10.5. The topological polar surface area (TPSA) is 68.3 Å². The first-order valence-corrected chi connectivity index (χ1v) is 5.04. The third-order valence-corrected chi connectivity index (χ3v) is 2.35.